The van der Waals surface area contributed by atoms with E-state index in [9.17, 15) is 4.79 Å². The highest BCUT2D eigenvalue weighted by atomic mass is 16.5. The molecule has 0 fully saturated rings. The molecule has 0 unspecified atom stereocenters. The van der Waals surface area contributed by atoms with Gasteiger partial charge in [-0.15, -0.1) is 0 Å². The van der Waals surface area contributed by atoms with Crippen LogP contribution >= 0.6 is 0 Å². The summed E-state index contributed by atoms with van der Waals surface area (Å²) in [6.45, 7) is 0. The Morgan fingerprint density at radius 1 is 0.696 bits per heavy atom. The lowest BCUT2D eigenvalue weighted by atomic mass is 10.0. The van der Waals surface area contributed by atoms with Gasteiger partial charge >= 0.3 is 0 Å². The van der Waals surface area contributed by atoms with Gasteiger partial charge < -0.3 is 18.9 Å². The normalized spacial score (nSPS) is 10.1. The first kappa shape index (κ1) is 16.7. The molecular weight excluding hydrogens is 296 g/mol. The maximum absolute atomic E-state index is 12.6. The highest BCUT2D eigenvalue weighted by Crippen LogP contribution is 2.26. The molecule has 0 aliphatic carbocycles. The molecule has 5 heteroatoms. The highest BCUT2D eigenvalue weighted by molar-refractivity contribution is 5.98. The number of carbonyl (C=O) groups is 1. The Kier molecular flexibility index (Phi) is 5.46. The lowest BCUT2D eigenvalue weighted by Crippen LogP contribution is -2.05. The van der Waals surface area contributed by atoms with Gasteiger partial charge in [0.1, 0.15) is 23.0 Å². The van der Waals surface area contributed by atoms with E-state index in [1.165, 1.54) is 0 Å². The zero-order valence-corrected chi connectivity index (χ0v) is 13.7. The number of benzene rings is 2. The zero-order valence-electron chi connectivity index (χ0n) is 13.7. The van der Waals surface area contributed by atoms with Gasteiger partial charge in [0.2, 0.25) is 0 Å². The van der Waals surface area contributed by atoms with Crippen LogP contribution in [0, 0.1) is 0 Å². The summed E-state index contributed by atoms with van der Waals surface area (Å²) in [4.78, 5) is 12.6. The smallest absolute Gasteiger partial charge is 0.167 e. The maximum Gasteiger partial charge on any atom is 0.167 e. The van der Waals surface area contributed by atoms with Crippen LogP contribution in [0.5, 0.6) is 23.0 Å². The lowest BCUT2D eigenvalue weighted by molar-refractivity contribution is 0.0992. The number of ether oxygens (including phenoxy) is 4. The molecule has 23 heavy (non-hydrogen) atoms. The van der Waals surface area contributed by atoms with Gasteiger partial charge in [0.15, 0.2) is 5.78 Å². The van der Waals surface area contributed by atoms with Crippen molar-refractivity contribution in [2.24, 2.45) is 0 Å². The molecule has 0 aliphatic heterocycles. The first-order chi connectivity index (χ1) is 11.1. The van der Waals surface area contributed by atoms with Crippen LogP contribution in [0.1, 0.15) is 15.9 Å². The Morgan fingerprint density at radius 2 is 1.09 bits per heavy atom. The number of ketones is 1. The third kappa shape index (κ3) is 4.16. The van der Waals surface area contributed by atoms with Gasteiger partial charge in [-0.3, -0.25) is 4.79 Å². The Hall–Kier alpha value is -2.69. The molecule has 122 valence electrons. The molecule has 0 bridgehead atoms. The summed E-state index contributed by atoms with van der Waals surface area (Å²) in [5, 5.41) is 0. The molecule has 0 radical (unpaired) electrons. The van der Waals surface area contributed by atoms with Crippen molar-refractivity contribution in [3.8, 4) is 23.0 Å². The van der Waals surface area contributed by atoms with Crippen LogP contribution in [0.25, 0.3) is 0 Å². The van der Waals surface area contributed by atoms with Crippen molar-refractivity contribution in [3.63, 3.8) is 0 Å². The van der Waals surface area contributed by atoms with E-state index in [1.54, 1.807) is 52.7 Å². The van der Waals surface area contributed by atoms with Crippen molar-refractivity contribution in [2.75, 3.05) is 28.4 Å². The van der Waals surface area contributed by atoms with E-state index in [4.69, 9.17) is 18.9 Å². The van der Waals surface area contributed by atoms with Crippen molar-refractivity contribution in [1.82, 2.24) is 0 Å². The van der Waals surface area contributed by atoms with Gasteiger partial charge in [-0.25, -0.2) is 0 Å². The Bertz CT molecular complexity index is 649. The summed E-state index contributed by atoms with van der Waals surface area (Å²) < 4.78 is 20.8. The molecule has 0 saturated heterocycles. The van der Waals surface area contributed by atoms with Gasteiger partial charge in [0, 0.05) is 24.1 Å². The number of methoxy groups -OCH3 is 4. The van der Waals surface area contributed by atoms with E-state index in [0.29, 0.717) is 28.6 Å². The third-order valence-electron chi connectivity index (χ3n) is 3.45. The number of hydrogen-bond donors (Lipinski definition) is 0. The first-order valence-electron chi connectivity index (χ1n) is 7.07. The largest absolute Gasteiger partial charge is 0.497 e. The molecule has 0 amide bonds. The summed E-state index contributed by atoms with van der Waals surface area (Å²) in [6, 6.07) is 10.5. The second kappa shape index (κ2) is 7.54. The summed E-state index contributed by atoms with van der Waals surface area (Å²) in [6.07, 6.45) is 0.226. The Labute approximate surface area is 135 Å². The predicted molar refractivity (Wildman–Crippen MR) is 87.1 cm³/mol. The van der Waals surface area contributed by atoms with Crippen molar-refractivity contribution in [1.29, 1.82) is 0 Å². The van der Waals surface area contributed by atoms with E-state index in [1.807, 2.05) is 12.1 Å². The average molecular weight is 316 g/mol. The third-order valence-corrected chi connectivity index (χ3v) is 3.45. The van der Waals surface area contributed by atoms with Crippen molar-refractivity contribution in [2.45, 2.75) is 6.42 Å². The zero-order chi connectivity index (χ0) is 16.8. The number of carbonyl (C=O) groups excluding carboxylic acids is 1. The number of Topliss-reactive ketones (excluding diaryl/α,β-unsaturated/α-hetero) is 1. The van der Waals surface area contributed by atoms with Crippen LogP contribution in [0.4, 0.5) is 0 Å². The molecule has 0 aliphatic rings. The summed E-state index contributed by atoms with van der Waals surface area (Å²) in [5.41, 5.74) is 1.34. The monoisotopic (exact) mass is 316 g/mol. The van der Waals surface area contributed by atoms with Crippen LogP contribution in [-0.4, -0.2) is 34.2 Å². The van der Waals surface area contributed by atoms with Crippen LogP contribution < -0.4 is 18.9 Å². The second-order valence-corrected chi connectivity index (χ2v) is 4.92. The minimum absolute atomic E-state index is 0.0440. The molecule has 0 aromatic heterocycles. The standard InChI is InChI=1S/C18H20O5/c1-20-14-5-12(6-15(10-14)21-2)7-18(19)13-8-16(22-3)11-17(9-13)23-4/h5-6,8-11H,7H2,1-4H3. The lowest BCUT2D eigenvalue weighted by Gasteiger charge is -2.10. The molecule has 2 rings (SSSR count). The van der Waals surface area contributed by atoms with Crippen LogP contribution in [0.3, 0.4) is 0 Å². The predicted octanol–water partition coefficient (Wildman–Crippen LogP) is 3.15. The van der Waals surface area contributed by atoms with Gasteiger partial charge in [-0.1, -0.05) is 0 Å². The molecular formula is C18H20O5. The first-order valence-corrected chi connectivity index (χ1v) is 7.07. The topological polar surface area (TPSA) is 54.0 Å². The van der Waals surface area contributed by atoms with E-state index in [0.717, 1.165) is 5.56 Å². The minimum atomic E-state index is -0.0440. The van der Waals surface area contributed by atoms with Crippen molar-refractivity contribution in [3.05, 3.63) is 47.5 Å². The van der Waals surface area contributed by atoms with Crippen molar-refractivity contribution >= 4 is 5.78 Å². The summed E-state index contributed by atoms with van der Waals surface area (Å²) >= 11 is 0. The van der Waals surface area contributed by atoms with Gasteiger partial charge in [0.25, 0.3) is 0 Å². The number of hydrogen-bond acceptors (Lipinski definition) is 5. The fourth-order valence-corrected chi connectivity index (χ4v) is 2.22. The van der Waals surface area contributed by atoms with Gasteiger partial charge in [0.05, 0.1) is 28.4 Å². The minimum Gasteiger partial charge on any atom is -0.497 e. The van der Waals surface area contributed by atoms with Gasteiger partial charge in [-0.05, 0) is 29.8 Å². The van der Waals surface area contributed by atoms with E-state index in [-0.39, 0.29) is 12.2 Å². The molecule has 0 heterocycles. The van der Waals surface area contributed by atoms with E-state index >= 15 is 0 Å². The second-order valence-electron chi connectivity index (χ2n) is 4.92. The molecule has 0 N–H and O–H groups in total. The van der Waals surface area contributed by atoms with Crippen molar-refractivity contribution < 1.29 is 23.7 Å². The quantitative estimate of drug-likeness (QED) is 0.735. The van der Waals surface area contributed by atoms with Gasteiger partial charge in [-0.2, -0.15) is 0 Å². The number of rotatable bonds is 7. The van der Waals surface area contributed by atoms with E-state index < -0.39 is 0 Å². The van der Waals surface area contributed by atoms with Crippen LogP contribution in [-0.2, 0) is 6.42 Å². The maximum atomic E-state index is 12.6. The van der Waals surface area contributed by atoms with Crippen LogP contribution in [0.15, 0.2) is 36.4 Å². The fourth-order valence-electron chi connectivity index (χ4n) is 2.22. The van der Waals surface area contributed by atoms with E-state index in [2.05, 4.69) is 0 Å². The highest BCUT2D eigenvalue weighted by Gasteiger charge is 2.12. The SMILES string of the molecule is COc1cc(CC(=O)c2cc(OC)cc(OC)c2)cc(OC)c1. The molecule has 2 aromatic rings. The Morgan fingerprint density at radius 3 is 1.48 bits per heavy atom. The Balaban J connectivity index is 2.28. The molecule has 0 spiro atoms. The molecule has 5 nitrogen and oxygen atoms in total. The van der Waals surface area contributed by atoms with Crippen LogP contribution in [0.2, 0.25) is 0 Å². The fraction of sp³-hybridized carbons (Fsp3) is 0.278. The summed E-state index contributed by atoms with van der Waals surface area (Å²) in [7, 11) is 6.26. The molecule has 2 aromatic carbocycles. The molecule has 0 saturated carbocycles. The molecule has 0 atom stereocenters. The summed E-state index contributed by atoms with van der Waals surface area (Å²) in [5.74, 6) is 2.41. The average Bonchev–Trinajstić information content (AvgIpc) is 2.60.